The molecule has 1 fully saturated rings. The van der Waals surface area contributed by atoms with Gasteiger partial charge in [0.25, 0.3) is 0 Å². The van der Waals surface area contributed by atoms with Gasteiger partial charge in [0, 0.05) is 34.6 Å². The minimum atomic E-state index is -1.21. The number of anilines is 2. The molecule has 0 aliphatic heterocycles. The van der Waals surface area contributed by atoms with Crippen molar-refractivity contribution in [2.75, 3.05) is 24.2 Å². The fourth-order valence-corrected chi connectivity index (χ4v) is 6.46. The zero-order chi connectivity index (χ0) is 21.5. The number of nitrogens with zero attached hydrogens (tertiary/aromatic N) is 3. The lowest BCUT2D eigenvalue weighted by molar-refractivity contribution is 0.311. The Morgan fingerprint density at radius 2 is 2.00 bits per heavy atom. The van der Waals surface area contributed by atoms with Crippen LogP contribution in [0, 0.1) is 0 Å². The molecule has 3 heterocycles. The van der Waals surface area contributed by atoms with E-state index in [1.165, 1.54) is 23.3 Å². The smallest absolute Gasteiger partial charge is 0.222 e. The number of hydrogen-bond donors (Lipinski definition) is 3. The summed E-state index contributed by atoms with van der Waals surface area (Å²) < 4.78 is 13.4. The summed E-state index contributed by atoms with van der Waals surface area (Å²) in [6, 6.07) is 2.10. The van der Waals surface area contributed by atoms with E-state index in [9.17, 15) is 4.21 Å². The summed E-state index contributed by atoms with van der Waals surface area (Å²) in [6.45, 7) is 6.30. The highest BCUT2D eigenvalue weighted by atomic mass is 32.2. The maximum atomic E-state index is 13.1. The standard InChI is InChI=1S/C21H27N5O2S2/c1-21(2,3)30(28)19-17(22)16-14(12-5-4-6-12)9-15(26-18(16)29-19)13-10-24-20(25-11-13)23-7-8-27/h9-12,27H,4-8,22H2,1-3H3,(H,23,24,25). The first kappa shape index (κ1) is 21.1. The third kappa shape index (κ3) is 3.93. The van der Waals surface area contributed by atoms with Crippen LogP contribution in [0.2, 0.25) is 0 Å². The average Bonchev–Trinajstić information content (AvgIpc) is 3.00. The Balaban J connectivity index is 1.81. The van der Waals surface area contributed by atoms with E-state index in [1.54, 1.807) is 12.4 Å². The third-order valence-corrected chi connectivity index (χ3v) is 8.57. The molecule has 3 aromatic rings. The molecule has 0 aromatic carbocycles. The molecule has 1 unspecified atom stereocenters. The number of aliphatic hydroxyl groups is 1. The van der Waals surface area contributed by atoms with Crippen molar-refractivity contribution in [2.45, 2.75) is 54.9 Å². The van der Waals surface area contributed by atoms with Crippen LogP contribution in [-0.4, -0.2) is 42.2 Å². The second kappa shape index (κ2) is 8.20. The predicted octanol–water partition coefficient (Wildman–Crippen LogP) is 3.91. The molecule has 3 aromatic heterocycles. The number of hydrogen-bond acceptors (Lipinski definition) is 8. The highest BCUT2D eigenvalue weighted by Gasteiger charge is 2.30. The summed E-state index contributed by atoms with van der Waals surface area (Å²) in [6.07, 6.45) is 6.94. The molecule has 1 atom stereocenters. The van der Waals surface area contributed by atoms with E-state index in [0.717, 1.165) is 34.3 Å². The molecule has 1 aliphatic carbocycles. The van der Waals surface area contributed by atoms with Crippen molar-refractivity contribution in [3.05, 3.63) is 24.0 Å². The molecule has 160 valence electrons. The van der Waals surface area contributed by atoms with Crippen molar-refractivity contribution in [3.63, 3.8) is 0 Å². The van der Waals surface area contributed by atoms with Gasteiger partial charge in [-0.2, -0.15) is 0 Å². The zero-order valence-corrected chi connectivity index (χ0v) is 19.1. The van der Waals surface area contributed by atoms with Gasteiger partial charge in [-0.3, -0.25) is 4.21 Å². The minimum absolute atomic E-state index is 0.0200. The largest absolute Gasteiger partial charge is 0.396 e. The molecule has 0 radical (unpaired) electrons. The monoisotopic (exact) mass is 445 g/mol. The predicted molar refractivity (Wildman–Crippen MR) is 123 cm³/mol. The molecular weight excluding hydrogens is 418 g/mol. The van der Waals surface area contributed by atoms with Gasteiger partial charge in [0.2, 0.25) is 5.95 Å². The van der Waals surface area contributed by atoms with Crippen molar-refractivity contribution in [1.29, 1.82) is 0 Å². The quantitative estimate of drug-likeness (QED) is 0.527. The number of rotatable bonds is 6. The molecule has 0 spiro atoms. The highest BCUT2D eigenvalue weighted by Crippen LogP contribution is 2.47. The third-order valence-electron chi connectivity index (χ3n) is 5.31. The summed E-state index contributed by atoms with van der Waals surface area (Å²) in [5.41, 5.74) is 9.95. The Labute approximate surface area is 182 Å². The van der Waals surface area contributed by atoms with Crippen LogP contribution in [0.5, 0.6) is 0 Å². The molecule has 1 aliphatic rings. The second-order valence-electron chi connectivity index (χ2n) is 8.53. The highest BCUT2D eigenvalue weighted by molar-refractivity contribution is 7.89. The lowest BCUT2D eigenvalue weighted by Crippen LogP contribution is -2.21. The first-order valence-electron chi connectivity index (χ1n) is 10.1. The van der Waals surface area contributed by atoms with E-state index in [0.29, 0.717) is 28.3 Å². The van der Waals surface area contributed by atoms with Gasteiger partial charge in [-0.1, -0.05) is 6.42 Å². The first-order chi connectivity index (χ1) is 14.3. The Bertz CT molecular complexity index is 1090. The number of fused-ring (bicyclic) bond motifs is 1. The molecule has 30 heavy (non-hydrogen) atoms. The molecule has 9 heteroatoms. The Morgan fingerprint density at radius 3 is 2.57 bits per heavy atom. The average molecular weight is 446 g/mol. The van der Waals surface area contributed by atoms with E-state index in [1.807, 2.05) is 20.8 Å². The van der Waals surface area contributed by atoms with Gasteiger partial charge >= 0.3 is 0 Å². The van der Waals surface area contributed by atoms with Crippen molar-refractivity contribution >= 4 is 44.0 Å². The molecule has 4 N–H and O–H groups in total. The fourth-order valence-electron chi connectivity index (χ4n) is 3.45. The molecule has 7 nitrogen and oxygen atoms in total. The number of thiophene rings is 1. The molecule has 0 bridgehead atoms. The topological polar surface area (TPSA) is 114 Å². The Morgan fingerprint density at radius 1 is 1.30 bits per heavy atom. The van der Waals surface area contributed by atoms with E-state index in [2.05, 4.69) is 21.4 Å². The lowest BCUT2D eigenvalue weighted by Gasteiger charge is -2.27. The summed E-state index contributed by atoms with van der Waals surface area (Å²) in [5, 5.41) is 12.8. The number of nitrogens with one attached hydrogen (secondary N) is 1. The van der Waals surface area contributed by atoms with Gasteiger partial charge in [0.15, 0.2) is 0 Å². The van der Waals surface area contributed by atoms with Crippen LogP contribution in [0.1, 0.15) is 51.5 Å². The number of nitrogen functional groups attached to an aromatic ring is 1. The van der Waals surface area contributed by atoms with Crippen molar-refractivity contribution in [2.24, 2.45) is 0 Å². The van der Waals surface area contributed by atoms with Crippen molar-refractivity contribution in [1.82, 2.24) is 15.0 Å². The second-order valence-corrected chi connectivity index (χ2v) is 12.0. The van der Waals surface area contributed by atoms with Gasteiger partial charge in [0.1, 0.15) is 9.04 Å². The molecule has 4 rings (SSSR count). The van der Waals surface area contributed by atoms with Crippen LogP contribution < -0.4 is 11.1 Å². The van der Waals surface area contributed by atoms with Gasteiger partial charge in [-0.15, -0.1) is 11.3 Å². The van der Waals surface area contributed by atoms with Gasteiger partial charge in [-0.05, 0) is 51.2 Å². The maximum Gasteiger partial charge on any atom is 0.222 e. The van der Waals surface area contributed by atoms with Gasteiger partial charge < -0.3 is 16.2 Å². The number of nitrogens with two attached hydrogens (primary N) is 1. The summed E-state index contributed by atoms with van der Waals surface area (Å²) >= 11 is 1.43. The van der Waals surface area contributed by atoms with Gasteiger partial charge in [0.05, 0.1) is 28.8 Å². The van der Waals surface area contributed by atoms with Crippen LogP contribution in [0.25, 0.3) is 21.5 Å². The molecule has 1 saturated carbocycles. The van der Waals surface area contributed by atoms with Crippen LogP contribution in [0.4, 0.5) is 11.6 Å². The Kier molecular flexibility index (Phi) is 5.78. The van der Waals surface area contributed by atoms with E-state index in [-0.39, 0.29) is 11.4 Å². The normalized spacial score (nSPS) is 15.9. The zero-order valence-electron chi connectivity index (χ0n) is 17.4. The maximum absolute atomic E-state index is 13.1. The van der Waals surface area contributed by atoms with Crippen molar-refractivity contribution < 1.29 is 9.32 Å². The molecule has 0 amide bonds. The summed E-state index contributed by atoms with van der Waals surface area (Å²) in [4.78, 5) is 14.3. The Hall–Kier alpha value is -2.10. The first-order valence-corrected chi connectivity index (χ1v) is 12.1. The minimum Gasteiger partial charge on any atom is -0.396 e. The van der Waals surface area contributed by atoms with Crippen molar-refractivity contribution in [3.8, 4) is 11.3 Å². The molecule has 0 saturated heterocycles. The lowest BCUT2D eigenvalue weighted by atomic mass is 9.79. The number of aliphatic hydroxyl groups excluding tert-OH is 1. The fraction of sp³-hybridized carbons (Fsp3) is 0.476. The number of pyridine rings is 1. The molecular formula is C21H27N5O2S2. The van der Waals surface area contributed by atoms with E-state index >= 15 is 0 Å². The van der Waals surface area contributed by atoms with Gasteiger partial charge in [-0.25, -0.2) is 15.0 Å². The van der Waals surface area contributed by atoms with Crippen LogP contribution >= 0.6 is 11.3 Å². The number of aromatic nitrogens is 3. The summed E-state index contributed by atoms with van der Waals surface area (Å²) in [7, 11) is -1.21. The van der Waals surface area contributed by atoms with Crippen LogP contribution in [0.15, 0.2) is 22.7 Å². The summed E-state index contributed by atoms with van der Waals surface area (Å²) in [5.74, 6) is 0.921. The van der Waals surface area contributed by atoms with E-state index in [4.69, 9.17) is 15.8 Å². The van der Waals surface area contributed by atoms with Crippen LogP contribution in [-0.2, 0) is 10.8 Å². The SMILES string of the molecule is CC(C)(C)S(=O)c1sc2nc(-c3cnc(NCCO)nc3)cc(C3CCC3)c2c1N. The van der Waals surface area contributed by atoms with Crippen LogP contribution in [0.3, 0.4) is 0 Å². The van der Waals surface area contributed by atoms with E-state index < -0.39 is 10.8 Å².